The smallest absolute Gasteiger partial charge is 0.338 e. The van der Waals surface area contributed by atoms with Crippen LogP contribution in [0.25, 0.3) is 10.2 Å². The van der Waals surface area contributed by atoms with Crippen LogP contribution in [0, 0.1) is 0 Å². The number of carbonyl (C=O) groups excluding carboxylic acids is 1. The number of esters is 1. The first-order valence-electron chi connectivity index (χ1n) is 8.17. The number of thiazole rings is 1. The minimum absolute atomic E-state index is 0.317. The van der Waals surface area contributed by atoms with Crippen LogP contribution in [0.5, 0.6) is 11.5 Å². The summed E-state index contributed by atoms with van der Waals surface area (Å²) in [5.41, 5.74) is 2.20. The van der Waals surface area contributed by atoms with Crippen molar-refractivity contribution in [2.75, 3.05) is 7.11 Å². The third-order valence-electron chi connectivity index (χ3n) is 3.80. The quantitative estimate of drug-likeness (QED) is 0.223. The van der Waals surface area contributed by atoms with Crippen molar-refractivity contribution in [2.45, 2.75) is 6.92 Å². The van der Waals surface area contributed by atoms with Crippen LogP contribution in [0.1, 0.15) is 12.5 Å². The maximum atomic E-state index is 11.7. The molecule has 0 N–H and O–H groups in total. The second kappa shape index (κ2) is 8.01. The largest absolute Gasteiger partial charge is 0.493 e. The number of rotatable bonds is 5. The highest BCUT2D eigenvalue weighted by Crippen LogP contribution is 2.28. The van der Waals surface area contributed by atoms with Crippen molar-refractivity contribution in [1.29, 1.82) is 0 Å². The van der Waals surface area contributed by atoms with Gasteiger partial charge in [-0.3, -0.25) is 0 Å². The van der Waals surface area contributed by atoms with E-state index in [1.807, 2.05) is 29.8 Å². The Bertz CT molecular complexity index is 1110. The SMILES string of the molecule is C=C(C)C(=O)Oc1ccc(C=NN=c2sc3ccccc3n2C)cc1OC. The summed E-state index contributed by atoms with van der Waals surface area (Å²) in [7, 11) is 3.47. The van der Waals surface area contributed by atoms with Crippen molar-refractivity contribution in [3.05, 3.63) is 65.0 Å². The number of hydrogen-bond donors (Lipinski definition) is 0. The number of methoxy groups -OCH3 is 1. The topological polar surface area (TPSA) is 65.2 Å². The van der Waals surface area contributed by atoms with Gasteiger partial charge in [0, 0.05) is 12.6 Å². The van der Waals surface area contributed by atoms with Crippen molar-refractivity contribution < 1.29 is 14.3 Å². The van der Waals surface area contributed by atoms with E-state index in [-0.39, 0.29) is 0 Å². The van der Waals surface area contributed by atoms with E-state index >= 15 is 0 Å². The first kappa shape index (κ1) is 18.6. The molecule has 0 aliphatic carbocycles. The van der Waals surface area contributed by atoms with Gasteiger partial charge in [0.2, 0.25) is 4.80 Å². The molecule has 0 unspecified atom stereocenters. The van der Waals surface area contributed by atoms with Gasteiger partial charge < -0.3 is 14.0 Å². The van der Waals surface area contributed by atoms with Crippen LogP contribution in [0.3, 0.4) is 0 Å². The van der Waals surface area contributed by atoms with Crippen LogP contribution in [0.2, 0.25) is 0 Å². The number of ether oxygens (including phenoxy) is 2. The normalized spacial score (nSPS) is 11.9. The van der Waals surface area contributed by atoms with Gasteiger partial charge in [0.15, 0.2) is 11.5 Å². The molecule has 7 heteroatoms. The molecule has 0 fully saturated rings. The Morgan fingerprint density at radius 2 is 2.00 bits per heavy atom. The lowest BCUT2D eigenvalue weighted by molar-refractivity contribution is -0.130. The van der Waals surface area contributed by atoms with Crippen LogP contribution >= 0.6 is 11.3 Å². The summed E-state index contributed by atoms with van der Waals surface area (Å²) in [5, 5.41) is 8.48. The Morgan fingerprint density at radius 1 is 1.22 bits per heavy atom. The molecule has 1 aromatic heterocycles. The molecule has 0 radical (unpaired) electrons. The van der Waals surface area contributed by atoms with Crippen molar-refractivity contribution in [1.82, 2.24) is 4.57 Å². The molecule has 0 aliphatic rings. The fourth-order valence-corrected chi connectivity index (χ4v) is 3.33. The van der Waals surface area contributed by atoms with E-state index in [9.17, 15) is 4.79 Å². The second-order valence-corrected chi connectivity index (χ2v) is 6.85. The van der Waals surface area contributed by atoms with Gasteiger partial charge in [-0.1, -0.05) is 30.0 Å². The number of aryl methyl sites for hydroxylation is 1. The van der Waals surface area contributed by atoms with Gasteiger partial charge in [-0.15, -0.1) is 5.10 Å². The third-order valence-corrected chi connectivity index (χ3v) is 4.91. The van der Waals surface area contributed by atoms with Gasteiger partial charge in [-0.2, -0.15) is 5.10 Å². The van der Waals surface area contributed by atoms with E-state index in [0.717, 1.165) is 20.6 Å². The zero-order chi connectivity index (χ0) is 19.4. The van der Waals surface area contributed by atoms with Crippen LogP contribution in [-0.2, 0) is 11.8 Å². The minimum atomic E-state index is -0.498. The molecule has 0 aliphatic heterocycles. The summed E-state index contributed by atoms with van der Waals surface area (Å²) in [6.45, 7) is 5.16. The maximum absolute atomic E-state index is 11.7. The minimum Gasteiger partial charge on any atom is -0.493 e. The summed E-state index contributed by atoms with van der Waals surface area (Å²) in [6.07, 6.45) is 1.62. The van der Waals surface area contributed by atoms with E-state index in [4.69, 9.17) is 9.47 Å². The summed E-state index contributed by atoms with van der Waals surface area (Å²) in [4.78, 5) is 12.5. The lowest BCUT2D eigenvalue weighted by Gasteiger charge is -2.09. The van der Waals surface area contributed by atoms with Gasteiger partial charge in [-0.05, 0) is 42.8 Å². The molecule has 1 heterocycles. The predicted octanol–water partition coefficient (Wildman–Crippen LogP) is 3.66. The van der Waals surface area contributed by atoms with Crippen LogP contribution in [-0.4, -0.2) is 23.9 Å². The zero-order valence-corrected chi connectivity index (χ0v) is 16.1. The highest BCUT2D eigenvalue weighted by atomic mass is 32.1. The van der Waals surface area contributed by atoms with E-state index in [1.54, 1.807) is 42.7 Å². The summed E-state index contributed by atoms with van der Waals surface area (Å²) in [6, 6.07) is 13.2. The number of fused-ring (bicyclic) bond motifs is 1. The number of para-hydroxylation sites is 1. The third kappa shape index (κ3) is 4.15. The molecule has 27 heavy (non-hydrogen) atoms. The predicted molar refractivity (Wildman–Crippen MR) is 107 cm³/mol. The second-order valence-electron chi connectivity index (χ2n) is 5.84. The molecule has 138 valence electrons. The first-order valence-corrected chi connectivity index (χ1v) is 8.98. The fraction of sp³-hybridized carbons (Fsp3) is 0.150. The Balaban J connectivity index is 1.85. The molecule has 0 saturated heterocycles. The Morgan fingerprint density at radius 3 is 2.70 bits per heavy atom. The van der Waals surface area contributed by atoms with Gasteiger partial charge in [0.25, 0.3) is 0 Å². The molecule has 0 atom stereocenters. The van der Waals surface area contributed by atoms with Gasteiger partial charge >= 0.3 is 5.97 Å². The summed E-state index contributed by atoms with van der Waals surface area (Å²) < 4.78 is 13.7. The average molecular weight is 381 g/mol. The van der Waals surface area contributed by atoms with Crippen molar-refractivity contribution in [3.63, 3.8) is 0 Å². The Hall–Kier alpha value is -3.19. The molecule has 0 spiro atoms. The number of hydrogen-bond acceptors (Lipinski definition) is 6. The number of nitrogens with zero attached hydrogens (tertiary/aromatic N) is 3. The molecule has 0 saturated carbocycles. The van der Waals surface area contributed by atoms with Crippen LogP contribution < -0.4 is 14.3 Å². The lowest BCUT2D eigenvalue weighted by Crippen LogP contribution is -2.09. The van der Waals surface area contributed by atoms with E-state index in [1.165, 1.54) is 7.11 Å². The van der Waals surface area contributed by atoms with Crippen LogP contribution in [0.15, 0.2) is 64.8 Å². The molecular formula is C20H19N3O3S. The molecule has 6 nitrogen and oxygen atoms in total. The average Bonchev–Trinajstić information content (AvgIpc) is 2.99. The molecule has 3 rings (SSSR count). The van der Waals surface area contributed by atoms with Crippen molar-refractivity contribution in [3.8, 4) is 11.5 Å². The molecule has 3 aromatic rings. The highest BCUT2D eigenvalue weighted by molar-refractivity contribution is 7.16. The van der Waals surface area contributed by atoms with E-state index in [2.05, 4.69) is 22.8 Å². The zero-order valence-electron chi connectivity index (χ0n) is 15.3. The Kier molecular flexibility index (Phi) is 5.52. The standard InChI is InChI=1S/C20H19N3O3S/c1-13(2)19(24)26-16-10-9-14(11-17(16)25-4)12-21-22-20-23(3)15-7-5-6-8-18(15)27-20/h5-12H,1H2,2-4H3. The van der Waals surface area contributed by atoms with Crippen LogP contribution in [0.4, 0.5) is 0 Å². The van der Waals surface area contributed by atoms with Gasteiger partial charge in [0.05, 0.1) is 23.5 Å². The summed E-state index contributed by atoms with van der Waals surface area (Å²) in [5.74, 6) is 0.262. The lowest BCUT2D eigenvalue weighted by atomic mass is 10.2. The molecule has 2 aromatic carbocycles. The maximum Gasteiger partial charge on any atom is 0.338 e. The van der Waals surface area contributed by atoms with Gasteiger partial charge in [0.1, 0.15) is 0 Å². The molecule has 0 bridgehead atoms. The first-order chi connectivity index (χ1) is 13.0. The summed E-state index contributed by atoms with van der Waals surface area (Å²) >= 11 is 1.57. The van der Waals surface area contributed by atoms with Crippen molar-refractivity contribution in [2.24, 2.45) is 17.3 Å². The number of carbonyl (C=O) groups is 1. The van der Waals surface area contributed by atoms with E-state index < -0.39 is 5.97 Å². The number of benzene rings is 2. The van der Waals surface area contributed by atoms with Gasteiger partial charge in [-0.25, -0.2) is 4.79 Å². The van der Waals surface area contributed by atoms with E-state index in [0.29, 0.717) is 17.1 Å². The Labute approximate surface area is 160 Å². The van der Waals surface area contributed by atoms with Crippen molar-refractivity contribution >= 4 is 33.7 Å². The highest BCUT2D eigenvalue weighted by Gasteiger charge is 2.11. The molecule has 0 amide bonds. The monoisotopic (exact) mass is 381 g/mol. The fourth-order valence-electron chi connectivity index (χ4n) is 2.36. The molecular weight excluding hydrogens is 362 g/mol. The number of aromatic nitrogens is 1.